The van der Waals surface area contributed by atoms with E-state index in [2.05, 4.69) is 4.57 Å². The molecule has 3 rings (SSSR count). The van der Waals surface area contributed by atoms with Crippen molar-refractivity contribution < 1.29 is 16.8 Å². The molecule has 2 N–H and O–H groups in total. The molecule has 1 aliphatic rings. The molecule has 1 aliphatic carbocycles. The summed E-state index contributed by atoms with van der Waals surface area (Å²) in [5.41, 5.74) is 2.43. The van der Waals surface area contributed by atoms with Gasteiger partial charge in [0, 0.05) is 31.5 Å². The Hall–Kier alpha value is -1.68. The third-order valence-electron chi connectivity index (χ3n) is 7.19. The third-order valence-corrected chi connectivity index (χ3v) is 10.1. The van der Waals surface area contributed by atoms with E-state index in [-0.39, 0.29) is 15.7 Å². The molecule has 0 amide bonds. The van der Waals surface area contributed by atoms with E-state index < -0.39 is 25.5 Å². The third kappa shape index (κ3) is 6.23. The van der Waals surface area contributed by atoms with E-state index in [9.17, 15) is 16.8 Å². The minimum absolute atomic E-state index is 0.124. The summed E-state index contributed by atoms with van der Waals surface area (Å²) < 4.78 is 55.3. The summed E-state index contributed by atoms with van der Waals surface area (Å²) in [6, 6.07) is 7.03. The fourth-order valence-corrected chi connectivity index (χ4v) is 7.80. The molecule has 36 heavy (non-hydrogen) atoms. The predicted molar refractivity (Wildman–Crippen MR) is 146 cm³/mol. The summed E-state index contributed by atoms with van der Waals surface area (Å²) in [4.78, 5) is 0.412. The SMILES string of the molecule is Cc1c(S(N)(=O)=O)cc(-c2ccc(S(=O)(=O)N(C)CC(C)C)c(C(C)(C)C)c2)n1CC1CCCCC1. The first kappa shape index (κ1) is 28.9. The number of sulfonamides is 2. The number of benzene rings is 1. The van der Waals surface area contributed by atoms with Crippen LogP contribution in [-0.2, 0) is 32.0 Å². The molecule has 0 aliphatic heterocycles. The Labute approximate surface area is 218 Å². The van der Waals surface area contributed by atoms with Crippen molar-refractivity contribution >= 4 is 20.0 Å². The van der Waals surface area contributed by atoms with E-state index >= 15 is 0 Å². The van der Waals surface area contributed by atoms with Crippen molar-refractivity contribution in [2.24, 2.45) is 17.0 Å². The molecule has 0 bridgehead atoms. The molecule has 0 saturated heterocycles. The van der Waals surface area contributed by atoms with Crippen molar-refractivity contribution in [1.29, 1.82) is 0 Å². The van der Waals surface area contributed by atoms with Crippen molar-refractivity contribution in [2.45, 2.75) is 95.4 Å². The summed E-state index contributed by atoms with van der Waals surface area (Å²) >= 11 is 0. The molecule has 0 spiro atoms. The first-order valence-electron chi connectivity index (χ1n) is 12.9. The smallest absolute Gasteiger partial charge is 0.243 e. The Morgan fingerprint density at radius 1 is 1.03 bits per heavy atom. The van der Waals surface area contributed by atoms with Crippen LogP contribution in [0, 0.1) is 18.8 Å². The van der Waals surface area contributed by atoms with Crippen LogP contribution in [0.1, 0.15) is 78.0 Å². The van der Waals surface area contributed by atoms with E-state index in [1.165, 1.54) is 23.6 Å². The minimum atomic E-state index is -3.90. The van der Waals surface area contributed by atoms with Gasteiger partial charge in [0.15, 0.2) is 0 Å². The molecule has 7 nitrogen and oxygen atoms in total. The average Bonchev–Trinajstić information content (AvgIpc) is 3.09. The topological polar surface area (TPSA) is 102 Å². The molecule has 0 atom stereocenters. The first-order chi connectivity index (χ1) is 16.5. The van der Waals surface area contributed by atoms with Crippen LogP contribution in [0.15, 0.2) is 34.1 Å². The molecule has 1 aromatic heterocycles. The van der Waals surface area contributed by atoms with Crippen molar-refractivity contribution in [3.63, 3.8) is 0 Å². The molecule has 1 aromatic carbocycles. The second kappa shape index (κ2) is 10.6. The lowest BCUT2D eigenvalue weighted by Gasteiger charge is -2.28. The number of primary sulfonamides is 1. The number of nitrogens with two attached hydrogens (primary N) is 1. The van der Waals surface area contributed by atoms with Crippen LogP contribution in [-0.4, -0.2) is 39.3 Å². The summed E-state index contributed by atoms with van der Waals surface area (Å²) in [5, 5.41) is 5.58. The van der Waals surface area contributed by atoms with Gasteiger partial charge in [-0.3, -0.25) is 0 Å². The Morgan fingerprint density at radius 2 is 1.64 bits per heavy atom. The van der Waals surface area contributed by atoms with Crippen LogP contribution in [0.4, 0.5) is 0 Å². The van der Waals surface area contributed by atoms with Crippen LogP contribution < -0.4 is 5.14 Å². The highest BCUT2D eigenvalue weighted by atomic mass is 32.2. The second-order valence-corrected chi connectivity index (χ2v) is 15.3. The Kier molecular flexibility index (Phi) is 8.50. The molecule has 1 fully saturated rings. The maximum absolute atomic E-state index is 13.5. The highest BCUT2D eigenvalue weighted by molar-refractivity contribution is 7.89. The van der Waals surface area contributed by atoms with Crippen molar-refractivity contribution in [2.75, 3.05) is 13.6 Å². The van der Waals surface area contributed by atoms with E-state index in [1.807, 2.05) is 40.7 Å². The first-order valence-corrected chi connectivity index (χ1v) is 15.9. The van der Waals surface area contributed by atoms with E-state index in [0.29, 0.717) is 23.7 Å². The zero-order valence-corrected chi connectivity index (χ0v) is 24.5. The average molecular weight is 538 g/mol. The molecule has 9 heteroatoms. The van der Waals surface area contributed by atoms with E-state index in [0.717, 1.165) is 30.6 Å². The van der Waals surface area contributed by atoms with Gasteiger partial charge < -0.3 is 4.57 Å². The number of aromatic nitrogens is 1. The van der Waals surface area contributed by atoms with Gasteiger partial charge in [0.05, 0.1) is 4.90 Å². The van der Waals surface area contributed by atoms with Gasteiger partial charge in [-0.05, 0) is 66.3 Å². The maximum atomic E-state index is 13.5. The molecular formula is C27H43N3O4S2. The highest BCUT2D eigenvalue weighted by Crippen LogP contribution is 2.37. The van der Waals surface area contributed by atoms with Gasteiger partial charge in [-0.2, -0.15) is 0 Å². The van der Waals surface area contributed by atoms with Crippen LogP contribution in [0.3, 0.4) is 0 Å². The van der Waals surface area contributed by atoms with E-state index in [4.69, 9.17) is 5.14 Å². The van der Waals surface area contributed by atoms with Crippen molar-refractivity contribution in [3.05, 3.63) is 35.5 Å². The number of rotatable bonds is 8. The number of hydrogen-bond acceptors (Lipinski definition) is 4. The number of hydrogen-bond donors (Lipinski definition) is 1. The minimum Gasteiger partial charge on any atom is -0.343 e. The van der Waals surface area contributed by atoms with E-state index in [1.54, 1.807) is 32.2 Å². The Morgan fingerprint density at radius 3 is 2.17 bits per heavy atom. The lowest BCUT2D eigenvalue weighted by Crippen LogP contribution is -2.32. The van der Waals surface area contributed by atoms with Crippen LogP contribution in [0.5, 0.6) is 0 Å². The fourth-order valence-electron chi connectivity index (χ4n) is 5.29. The van der Waals surface area contributed by atoms with Crippen LogP contribution in [0.25, 0.3) is 11.3 Å². The molecule has 202 valence electrons. The summed E-state index contributed by atoms with van der Waals surface area (Å²) in [6.45, 7) is 12.9. The van der Waals surface area contributed by atoms with Gasteiger partial charge in [-0.15, -0.1) is 0 Å². The summed E-state index contributed by atoms with van der Waals surface area (Å²) in [7, 11) is -5.98. The Balaban J connectivity index is 2.19. The normalized spacial score (nSPS) is 16.3. The lowest BCUT2D eigenvalue weighted by molar-refractivity contribution is 0.318. The quantitative estimate of drug-likeness (QED) is 0.496. The fraction of sp³-hybridized carbons (Fsp3) is 0.630. The highest BCUT2D eigenvalue weighted by Gasteiger charge is 2.31. The van der Waals surface area contributed by atoms with Crippen molar-refractivity contribution in [3.8, 4) is 11.3 Å². The molecule has 0 unspecified atom stereocenters. The van der Waals surface area contributed by atoms with Crippen LogP contribution >= 0.6 is 0 Å². The maximum Gasteiger partial charge on any atom is 0.243 e. The predicted octanol–water partition coefficient (Wildman–Crippen LogP) is 5.27. The summed E-state index contributed by atoms with van der Waals surface area (Å²) in [6.07, 6.45) is 5.86. The van der Waals surface area contributed by atoms with Gasteiger partial charge in [0.1, 0.15) is 4.90 Å². The molecule has 0 radical (unpaired) electrons. The molecule has 1 heterocycles. The van der Waals surface area contributed by atoms with Gasteiger partial charge in [0.2, 0.25) is 20.0 Å². The zero-order valence-electron chi connectivity index (χ0n) is 22.8. The standard InChI is InChI=1S/C27H43N3O4S2/c1-19(2)17-29(7)36(33,34)25-14-13-22(15-23(25)27(4,5)6)24-16-26(35(28,31)32)20(3)30(24)18-21-11-9-8-10-12-21/h13-16,19,21H,8-12,17-18H2,1-7H3,(H2,28,31,32). The lowest BCUT2D eigenvalue weighted by atomic mass is 9.85. The summed E-state index contributed by atoms with van der Waals surface area (Å²) in [5.74, 6) is 0.674. The largest absolute Gasteiger partial charge is 0.343 e. The number of nitrogens with zero attached hydrogens (tertiary/aromatic N) is 2. The van der Waals surface area contributed by atoms with Gasteiger partial charge in [0.25, 0.3) is 0 Å². The van der Waals surface area contributed by atoms with Gasteiger partial charge >= 0.3 is 0 Å². The molecular weight excluding hydrogens is 494 g/mol. The molecule has 1 saturated carbocycles. The van der Waals surface area contributed by atoms with Gasteiger partial charge in [-0.1, -0.05) is 59.9 Å². The van der Waals surface area contributed by atoms with Crippen molar-refractivity contribution in [1.82, 2.24) is 8.87 Å². The second-order valence-electron chi connectivity index (χ2n) is 11.8. The molecule has 2 aromatic rings. The Bertz CT molecular complexity index is 1300. The van der Waals surface area contributed by atoms with Crippen LogP contribution in [0.2, 0.25) is 0 Å². The van der Waals surface area contributed by atoms with Gasteiger partial charge in [-0.25, -0.2) is 26.3 Å². The monoisotopic (exact) mass is 537 g/mol. The zero-order chi connectivity index (χ0) is 27.1.